The minimum Gasteiger partial charge on any atom is -0.387 e. The molecule has 1 heterocycles. The molecule has 2 aliphatic rings. The molecule has 1 N–H and O–H groups in total. The molecule has 2 nitrogen and oxygen atoms in total. The lowest BCUT2D eigenvalue weighted by atomic mass is 10.1. The van der Waals surface area contributed by atoms with E-state index >= 15 is 0 Å². The van der Waals surface area contributed by atoms with Crippen molar-refractivity contribution in [3.8, 4) is 0 Å². The van der Waals surface area contributed by atoms with Crippen molar-refractivity contribution in [1.29, 1.82) is 0 Å². The summed E-state index contributed by atoms with van der Waals surface area (Å²) >= 11 is 0. The molecule has 3 rings (SSSR count). The summed E-state index contributed by atoms with van der Waals surface area (Å²) in [5.74, 6) is 0. The summed E-state index contributed by atoms with van der Waals surface area (Å²) < 4.78 is 0. The Balaban J connectivity index is 1.84. The number of rotatable bonds is 2. The van der Waals surface area contributed by atoms with Gasteiger partial charge in [0.25, 0.3) is 0 Å². The van der Waals surface area contributed by atoms with Crippen LogP contribution in [0.2, 0.25) is 0 Å². The molecule has 0 aromatic heterocycles. The third-order valence-corrected chi connectivity index (χ3v) is 4.49. The molecule has 17 heavy (non-hydrogen) atoms. The maximum absolute atomic E-state index is 10.5. The first-order valence-electron chi connectivity index (χ1n) is 6.83. The second-order valence-electron chi connectivity index (χ2n) is 5.36. The van der Waals surface area contributed by atoms with Crippen molar-refractivity contribution in [3.63, 3.8) is 0 Å². The molecule has 1 aliphatic carbocycles. The summed E-state index contributed by atoms with van der Waals surface area (Å²) in [6.45, 7) is 3.42. The fraction of sp³-hybridized carbons (Fsp3) is 0.600. The van der Waals surface area contributed by atoms with E-state index in [2.05, 4.69) is 30.0 Å². The van der Waals surface area contributed by atoms with Gasteiger partial charge in [-0.05, 0) is 43.4 Å². The molecule has 3 unspecified atom stereocenters. The number of benzene rings is 1. The predicted molar refractivity (Wildman–Crippen MR) is 68.9 cm³/mol. The molecule has 1 saturated heterocycles. The van der Waals surface area contributed by atoms with Crippen LogP contribution in [0.25, 0.3) is 0 Å². The fourth-order valence-corrected chi connectivity index (χ4v) is 3.58. The van der Waals surface area contributed by atoms with E-state index in [1.165, 1.54) is 24.8 Å². The van der Waals surface area contributed by atoms with Crippen LogP contribution < -0.4 is 0 Å². The van der Waals surface area contributed by atoms with Gasteiger partial charge in [0.05, 0.1) is 6.10 Å². The maximum atomic E-state index is 10.5. The van der Waals surface area contributed by atoms with Crippen molar-refractivity contribution >= 4 is 0 Å². The number of hydrogen-bond donors (Lipinski definition) is 1. The van der Waals surface area contributed by atoms with Crippen LogP contribution in [0.5, 0.6) is 0 Å². The van der Waals surface area contributed by atoms with Crippen LogP contribution in [-0.4, -0.2) is 28.6 Å². The molecule has 1 fully saturated rings. The number of nitrogens with zero attached hydrogens (tertiary/aromatic N) is 1. The van der Waals surface area contributed by atoms with Crippen LogP contribution in [0.15, 0.2) is 24.3 Å². The summed E-state index contributed by atoms with van der Waals surface area (Å²) in [5, 5.41) is 10.5. The molecule has 1 aromatic carbocycles. The van der Waals surface area contributed by atoms with Gasteiger partial charge in [0.2, 0.25) is 0 Å². The Kier molecular flexibility index (Phi) is 2.93. The molecule has 0 saturated carbocycles. The molecular weight excluding hydrogens is 210 g/mol. The number of hydrogen-bond acceptors (Lipinski definition) is 2. The highest BCUT2D eigenvalue weighted by molar-refractivity contribution is 5.36. The molecule has 0 bridgehead atoms. The predicted octanol–water partition coefficient (Wildman–Crippen LogP) is 2.52. The molecule has 1 aromatic rings. The van der Waals surface area contributed by atoms with Gasteiger partial charge < -0.3 is 5.11 Å². The van der Waals surface area contributed by atoms with E-state index in [1.54, 1.807) is 0 Å². The highest BCUT2D eigenvalue weighted by Gasteiger charge is 2.38. The van der Waals surface area contributed by atoms with Crippen molar-refractivity contribution in [2.45, 2.75) is 50.8 Å². The highest BCUT2D eigenvalue weighted by atomic mass is 16.3. The summed E-state index contributed by atoms with van der Waals surface area (Å²) in [6, 6.07) is 9.36. The first-order chi connectivity index (χ1) is 8.31. The van der Waals surface area contributed by atoms with Gasteiger partial charge in [0.15, 0.2) is 0 Å². The van der Waals surface area contributed by atoms with Crippen LogP contribution in [0.4, 0.5) is 0 Å². The molecular formula is C15H21NO. The van der Waals surface area contributed by atoms with Crippen LogP contribution in [0.1, 0.15) is 43.4 Å². The lowest BCUT2D eigenvalue weighted by Gasteiger charge is -2.32. The molecule has 92 valence electrons. The molecule has 2 heteroatoms. The third kappa shape index (κ3) is 1.80. The Morgan fingerprint density at radius 1 is 1.35 bits per heavy atom. The topological polar surface area (TPSA) is 23.5 Å². The normalized spacial score (nSPS) is 32.9. The number of likely N-dealkylation sites (tertiary alicyclic amines) is 1. The van der Waals surface area contributed by atoms with E-state index in [-0.39, 0.29) is 6.10 Å². The van der Waals surface area contributed by atoms with Gasteiger partial charge in [-0.25, -0.2) is 0 Å². The van der Waals surface area contributed by atoms with Crippen LogP contribution in [-0.2, 0) is 6.42 Å². The zero-order chi connectivity index (χ0) is 11.8. The second kappa shape index (κ2) is 4.43. The van der Waals surface area contributed by atoms with Crippen molar-refractivity contribution < 1.29 is 5.11 Å². The molecule has 0 amide bonds. The third-order valence-electron chi connectivity index (χ3n) is 4.49. The van der Waals surface area contributed by atoms with Crippen LogP contribution in [0, 0.1) is 0 Å². The zero-order valence-corrected chi connectivity index (χ0v) is 10.5. The quantitative estimate of drug-likeness (QED) is 0.845. The summed E-state index contributed by atoms with van der Waals surface area (Å²) in [6.07, 6.45) is 4.54. The van der Waals surface area contributed by atoms with Crippen molar-refractivity contribution in [3.05, 3.63) is 35.4 Å². The Morgan fingerprint density at radius 2 is 2.18 bits per heavy atom. The lowest BCUT2D eigenvalue weighted by molar-refractivity contribution is 0.0521. The molecule has 1 aliphatic heterocycles. The minimum absolute atomic E-state index is 0.279. The van der Waals surface area contributed by atoms with Gasteiger partial charge >= 0.3 is 0 Å². The Bertz CT molecular complexity index is 404. The van der Waals surface area contributed by atoms with Crippen LogP contribution >= 0.6 is 0 Å². The lowest BCUT2D eigenvalue weighted by Crippen LogP contribution is -2.41. The number of fused-ring (bicyclic) bond motifs is 1. The maximum Gasteiger partial charge on any atom is 0.0951 e. The number of aliphatic hydroxyl groups is 1. The van der Waals surface area contributed by atoms with Crippen LogP contribution in [0.3, 0.4) is 0 Å². The molecule has 3 atom stereocenters. The van der Waals surface area contributed by atoms with Gasteiger partial charge in [-0.2, -0.15) is 0 Å². The van der Waals surface area contributed by atoms with E-state index in [1.807, 2.05) is 6.07 Å². The van der Waals surface area contributed by atoms with Gasteiger partial charge in [0.1, 0.15) is 0 Å². The molecule has 0 radical (unpaired) electrons. The monoisotopic (exact) mass is 231 g/mol. The van der Waals surface area contributed by atoms with Gasteiger partial charge in [0, 0.05) is 12.1 Å². The first kappa shape index (κ1) is 11.2. The van der Waals surface area contributed by atoms with Crippen molar-refractivity contribution in [2.75, 3.05) is 6.54 Å². The number of aliphatic hydroxyl groups excluding tert-OH is 1. The average molecular weight is 231 g/mol. The van der Waals surface area contributed by atoms with Gasteiger partial charge in [-0.1, -0.05) is 31.2 Å². The SMILES string of the molecule is CCC1CCCN1C1Cc2ccccc2C1O. The van der Waals surface area contributed by atoms with E-state index in [9.17, 15) is 5.11 Å². The minimum atomic E-state index is -0.279. The highest BCUT2D eigenvalue weighted by Crippen LogP contribution is 2.37. The van der Waals surface area contributed by atoms with E-state index in [0.717, 1.165) is 18.5 Å². The first-order valence-corrected chi connectivity index (χ1v) is 6.83. The summed E-state index contributed by atoms with van der Waals surface area (Å²) in [5.41, 5.74) is 2.49. The summed E-state index contributed by atoms with van der Waals surface area (Å²) in [4.78, 5) is 2.55. The largest absolute Gasteiger partial charge is 0.387 e. The second-order valence-corrected chi connectivity index (χ2v) is 5.36. The van der Waals surface area contributed by atoms with Crippen molar-refractivity contribution in [2.24, 2.45) is 0 Å². The van der Waals surface area contributed by atoms with Gasteiger partial charge in [-0.3, -0.25) is 4.90 Å². The van der Waals surface area contributed by atoms with E-state index < -0.39 is 0 Å². The Morgan fingerprint density at radius 3 is 2.94 bits per heavy atom. The summed E-state index contributed by atoms with van der Waals surface area (Å²) in [7, 11) is 0. The zero-order valence-electron chi connectivity index (χ0n) is 10.5. The smallest absolute Gasteiger partial charge is 0.0951 e. The average Bonchev–Trinajstić information content (AvgIpc) is 2.94. The van der Waals surface area contributed by atoms with E-state index in [4.69, 9.17) is 0 Å². The Hall–Kier alpha value is -0.860. The van der Waals surface area contributed by atoms with E-state index in [0.29, 0.717) is 12.1 Å². The van der Waals surface area contributed by atoms with Crippen molar-refractivity contribution in [1.82, 2.24) is 4.90 Å². The van der Waals surface area contributed by atoms with Gasteiger partial charge in [-0.15, -0.1) is 0 Å². The standard InChI is InChI=1S/C15H21NO/c1-2-12-7-5-9-16(12)14-10-11-6-3-4-8-13(11)15(14)17/h3-4,6,8,12,14-15,17H,2,5,7,9-10H2,1H3. The Labute approximate surface area is 103 Å². The fourth-order valence-electron chi connectivity index (χ4n) is 3.58. The molecule has 0 spiro atoms.